The molecule has 1 heteroatoms. The van der Waals surface area contributed by atoms with Gasteiger partial charge in [-0.15, -0.1) is 0 Å². The number of allylic oxidation sites excluding steroid dienone is 2. The van der Waals surface area contributed by atoms with Crippen LogP contribution in [-0.4, -0.2) is 4.83 Å². The molecule has 4 rings (SSSR count). The van der Waals surface area contributed by atoms with Gasteiger partial charge in [0.1, 0.15) is 0 Å². The Bertz CT molecular complexity index is 591. The first-order valence-electron chi connectivity index (χ1n) is 12.6. The molecule has 3 fully saturated rings. The number of alkyl halides is 1. The van der Waals surface area contributed by atoms with Crippen molar-refractivity contribution in [2.45, 2.75) is 110 Å². The lowest BCUT2D eigenvalue weighted by atomic mass is 9.47. The molecule has 28 heavy (non-hydrogen) atoms. The van der Waals surface area contributed by atoms with Gasteiger partial charge in [-0.3, -0.25) is 0 Å². The molecule has 3 saturated carbocycles. The second-order valence-electron chi connectivity index (χ2n) is 12.1. The zero-order valence-corrected chi connectivity index (χ0v) is 20.9. The molecule has 0 nitrogen and oxygen atoms in total. The number of hydrogen-bond acceptors (Lipinski definition) is 0. The summed E-state index contributed by atoms with van der Waals surface area (Å²) in [5, 5.41) is 0. The maximum Gasteiger partial charge on any atom is 0.0183 e. The Kier molecular flexibility index (Phi) is 6.17. The Morgan fingerprint density at radius 1 is 1.00 bits per heavy atom. The smallest absolute Gasteiger partial charge is 0.0183 e. The zero-order valence-electron chi connectivity index (χ0n) is 19.3. The lowest BCUT2D eigenvalue weighted by Gasteiger charge is -2.58. The predicted octanol–water partition coefficient (Wildman–Crippen LogP) is 8.79. The highest BCUT2D eigenvalue weighted by Gasteiger charge is 2.58. The summed E-state index contributed by atoms with van der Waals surface area (Å²) < 4.78 is 0. The van der Waals surface area contributed by atoms with Crippen LogP contribution in [0.4, 0.5) is 0 Å². The highest BCUT2D eigenvalue weighted by molar-refractivity contribution is 9.09. The van der Waals surface area contributed by atoms with Crippen molar-refractivity contribution in [3.63, 3.8) is 0 Å². The summed E-state index contributed by atoms with van der Waals surface area (Å²) in [5.74, 6) is 5.74. The van der Waals surface area contributed by atoms with E-state index in [4.69, 9.17) is 0 Å². The van der Waals surface area contributed by atoms with Crippen LogP contribution >= 0.6 is 15.9 Å². The lowest BCUT2D eigenvalue weighted by Crippen LogP contribution is -2.50. The number of fused-ring (bicyclic) bond motifs is 5. The molecular weight excluding hydrogens is 404 g/mol. The minimum absolute atomic E-state index is 0.523. The first-order valence-corrected chi connectivity index (χ1v) is 13.5. The van der Waals surface area contributed by atoms with E-state index in [0.717, 1.165) is 40.3 Å². The third-order valence-electron chi connectivity index (χ3n) is 10.2. The number of hydrogen-bond donors (Lipinski definition) is 0. The quantitative estimate of drug-likeness (QED) is 0.291. The average Bonchev–Trinajstić information content (AvgIpc) is 2.99. The molecular formula is C27H45Br. The summed E-state index contributed by atoms with van der Waals surface area (Å²) in [6.45, 7) is 12.7. The molecule has 0 N–H and O–H groups in total. The van der Waals surface area contributed by atoms with Crippen LogP contribution in [0.3, 0.4) is 0 Å². The molecule has 4 aliphatic carbocycles. The van der Waals surface area contributed by atoms with Gasteiger partial charge >= 0.3 is 0 Å². The van der Waals surface area contributed by atoms with Crippen molar-refractivity contribution in [2.24, 2.45) is 46.3 Å². The summed E-state index contributed by atoms with van der Waals surface area (Å²) in [7, 11) is 0. The molecule has 0 aliphatic heterocycles. The van der Waals surface area contributed by atoms with Gasteiger partial charge in [-0.25, -0.2) is 0 Å². The van der Waals surface area contributed by atoms with Crippen molar-refractivity contribution >= 4 is 15.9 Å². The molecule has 160 valence electrons. The Morgan fingerprint density at radius 2 is 1.79 bits per heavy atom. The summed E-state index contributed by atoms with van der Waals surface area (Å²) in [4.78, 5) is 0.736. The fourth-order valence-corrected chi connectivity index (χ4v) is 9.22. The van der Waals surface area contributed by atoms with Crippen LogP contribution in [0.1, 0.15) is 105 Å². The molecule has 4 aliphatic rings. The molecule has 0 heterocycles. The molecule has 0 unspecified atom stereocenters. The van der Waals surface area contributed by atoms with Crippen molar-refractivity contribution in [1.82, 2.24) is 0 Å². The highest BCUT2D eigenvalue weighted by Crippen LogP contribution is 2.67. The van der Waals surface area contributed by atoms with Gasteiger partial charge in [-0.05, 0) is 97.7 Å². The Balaban J connectivity index is 1.49. The van der Waals surface area contributed by atoms with E-state index in [-0.39, 0.29) is 0 Å². The number of halogens is 1. The van der Waals surface area contributed by atoms with Gasteiger partial charge in [0.25, 0.3) is 0 Å². The topological polar surface area (TPSA) is 0 Å². The summed E-state index contributed by atoms with van der Waals surface area (Å²) >= 11 is 3.93. The van der Waals surface area contributed by atoms with Crippen LogP contribution in [0.5, 0.6) is 0 Å². The number of rotatable bonds is 5. The molecule has 0 aromatic carbocycles. The van der Waals surface area contributed by atoms with E-state index < -0.39 is 0 Å². The standard InChI is InChI=1S/C27H45Br/c1-18(2)7-6-8-19(3)23-11-12-24-22-10-9-20-17-21(28)13-15-26(20,4)25(22)14-16-27(23,24)5/h9,18-19,21-25H,6-8,10-17H2,1-5H3/t19-,21+,22-,23+,24-,25-,26-,27+/m1/s1. The molecule has 0 radical (unpaired) electrons. The third kappa shape index (κ3) is 3.58. The van der Waals surface area contributed by atoms with Gasteiger partial charge in [0.15, 0.2) is 0 Å². The van der Waals surface area contributed by atoms with Gasteiger partial charge in [0.2, 0.25) is 0 Å². The van der Waals surface area contributed by atoms with E-state index in [1.54, 1.807) is 0 Å². The highest BCUT2D eigenvalue weighted by atomic mass is 79.9. The van der Waals surface area contributed by atoms with Crippen molar-refractivity contribution in [3.8, 4) is 0 Å². The van der Waals surface area contributed by atoms with Gasteiger partial charge in [-0.2, -0.15) is 0 Å². The van der Waals surface area contributed by atoms with Crippen molar-refractivity contribution in [3.05, 3.63) is 11.6 Å². The summed E-state index contributed by atoms with van der Waals surface area (Å²) in [5.41, 5.74) is 2.98. The van der Waals surface area contributed by atoms with Gasteiger partial charge < -0.3 is 0 Å². The lowest BCUT2D eigenvalue weighted by molar-refractivity contribution is -0.0496. The SMILES string of the molecule is CC(C)CCC[C@@H](C)[C@@H]1CC[C@@H]2[C@H]3CC=C4C[C@@H](Br)CC[C@@]4(C)[C@@H]3CC[C@]21C. The Hall–Kier alpha value is 0.220. The van der Waals surface area contributed by atoms with Crippen molar-refractivity contribution in [1.29, 1.82) is 0 Å². The van der Waals surface area contributed by atoms with Crippen LogP contribution in [0.15, 0.2) is 11.6 Å². The van der Waals surface area contributed by atoms with Crippen LogP contribution in [-0.2, 0) is 0 Å². The zero-order chi connectivity index (χ0) is 20.1. The maximum absolute atomic E-state index is 3.93. The second kappa shape index (κ2) is 8.05. The van der Waals surface area contributed by atoms with Gasteiger partial charge in [-0.1, -0.05) is 81.5 Å². The van der Waals surface area contributed by atoms with Crippen LogP contribution in [0, 0.1) is 46.3 Å². The molecule has 0 aromatic heterocycles. The van der Waals surface area contributed by atoms with E-state index in [1.165, 1.54) is 70.6 Å². The fourth-order valence-electron chi connectivity index (χ4n) is 8.64. The third-order valence-corrected chi connectivity index (χ3v) is 11.0. The van der Waals surface area contributed by atoms with E-state index in [1.807, 2.05) is 5.57 Å². The molecule has 8 atom stereocenters. The first kappa shape index (κ1) is 21.5. The molecule has 0 spiro atoms. The van der Waals surface area contributed by atoms with Gasteiger partial charge in [0, 0.05) is 4.83 Å². The fraction of sp³-hybridized carbons (Fsp3) is 0.926. The van der Waals surface area contributed by atoms with Gasteiger partial charge in [0.05, 0.1) is 0 Å². The van der Waals surface area contributed by atoms with E-state index in [9.17, 15) is 0 Å². The summed E-state index contributed by atoms with van der Waals surface area (Å²) in [6.07, 6.45) is 18.6. The largest absolute Gasteiger partial charge is 0.0887 e. The van der Waals surface area contributed by atoms with Crippen molar-refractivity contribution in [2.75, 3.05) is 0 Å². The molecule has 0 aromatic rings. The predicted molar refractivity (Wildman–Crippen MR) is 126 cm³/mol. The summed E-state index contributed by atoms with van der Waals surface area (Å²) in [6, 6.07) is 0. The van der Waals surface area contributed by atoms with Crippen LogP contribution in [0.2, 0.25) is 0 Å². The van der Waals surface area contributed by atoms with E-state index >= 15 is 0 Å². The molecule has 0 amide bonds. The second-order valence-corrected chi connectivity index (χ2v) is 13.4. The van der Waals surface area contributed by atoms with E-state index in [2.05, 4.69) is 56.6 Å². The molecule has 0 saturated heterocycles. The minimum atomic E-state index is 0.523. The van der Waals surface area contributed by atoms with Crippen LogP contribution in [0.25, 0.3) is 0 Å². The normalized spacial score (nSPS) is 46.5. The average molecular weight is 450 g/mol. The maximum atomic E-state index is 3.93. The molecule has 0 bridgehead atoms. The first-order chi connectivity index (χ1) is 13.3. The Morgan fingerprint density at radius 3 is 2.54 bits per heavy atom. The minimum Gasteiger partial charge on any atom is -0.0887 e. The Labute approximate surface area is 183 Å². The van der Waals surface area contributed by atoms with Crippen LogP contribution < -0.4 is 0 Å². The monoisotopic (exact) mass is 448 g/mol. The van der Waals surface area contributed by atoms with E-state index in [0.29, 0.717) is 10.8 Å². The van der Waals surface area contributed by atoms with Crippen molar-refractivity contribution < 1.29 is 0 Å².